The van der Waals surface area contributed by atoms with Crippen LogP contribution in [0.25, 0.3) is 10.8 Å². The first kappa shape index (κ1) is 22.2. The van der Waals surface area contributed by atoms with E-state index in [0.29, 0.717) is 4.34 Å². The molecule has 1 amide bonds. The molecule has 12 heteroatoms. The molecule has 158 valence electrons. The average molecular weight is 467 g/mol. The number of carbonyl (C=O) groups is 2. The highest BCUT2D eigenvalue weighted by Gasteiger charge is 2.23. The van der Waals surface area contributed by atoms with Gasteiger partial charge in [-0.05, 0) is 22.9 Å². The second-order valence-corrected chi connectivity index (χ2v) is 10.3. The van der Waals surface area contributed by atoms with Gasteiger partial charge in [0.2, 0.25) is 21.1 Å². The highest BCUT2D eigenvalue weighted by Crippen LogP contribution is 2.26. The minimum Gasteiger partial charge on any atom is -0.468 e. The van der Waals surface area contributed by atoms with E-state index in [4.69, 9.17) is 0 Å². The normalized spacial score (nSPS) is 11.6. The number of amides is 1. The van der Waals surface area contributed by atoms with Crippen molar-refractivity contribution < 1.29 is 22.7 Å². The second kappa shape index (κ2) is 9.51. The number of aromatic nitrogens is 2. The summed E-state index contributed by atoms with van der Waals surface area (Å²) in [5.41, 5.74) is 0. The molecule has 0 aliphatic rings. The van der Waals surface area contributed by atoms with Crippen LogP contribution in [0.2, 0.25) is 0 Å². The molecule has 30 heavy (non-hydrogen) atoms. The number of likely N-dealkylation sites (N-methyl/N-ethyl adjacent to an activating group) is 1. The molecule has 0 aliphatic heterocycles. The summed E-state index contributed by atoms with van der Waals surface area (Å²) >= 11 is 2.21. The lowest BCUT2D eigenvalue weighted by atomic mass is 10.1. The van der Waals surface area contributed by atoms with Crippen molar-refractivity contribution in [2.24, 2.45) is 0 Å². The third kappa shape index (κ3) is 5.33. The van der Waals surface area contributed by atoms with Crippen molar-refractivity contribution >= 4 is 60.9 Å². The van der Waals surface area contributed by atoms with Crippen molar-refractivity contribution in [1.29, 1.82) is 0 Å². The molecule has 0 aliphatic carbocycles. The van der Waals surface area contributed by atoms with E-state index in [1.807, 2.05) is 24.3 Å². The lowest BCUT2D eigenvalue weighted by molar-refractivity contribution is -0.137. The number of hydrogen-bond donors (Lipinski definition) is 1. The third-order valence-corrected chi connectivity index (χ3v) is 7.73. The van der Waals surface area contributed by atoms with Gasteiger partial charge in [0.15, 0.2) is 4.34 Å². The van der Waals surface area contributed by atoms with E-state index in [0.717, 1.165) is 38.2 Å². The Labute approximate surface area is 181 Å². The Balaban J connectivity index is 1.63. The molecular weight excluding hydrogens is 448 g/mol. The van der Waals surface area contributed by atoms with Crippen molar-refractivity contribution in [3.8, 4) is 0 Å². The smallest absolute Gasteiger partial charge is 0.316 e. The Hall–Kier alpha value is -2.54. The molecule has 0 unspecified atom stereocenters. The predicted molar refractivity (Wildman–Crippen MR) is 115 cm³/mol. The number of hydrogen-bond acceptors (Lipinski definition) is 9. The number of benzene rings is 2. The molecule has 0 bridgehead atoms. The van der Waals surface area contributed by atoms with Crippen LogP contribution in [0.3, 0.4) is 0 Å². The Bertz CT molecular complexity index is 1180. The van der Waals surface area contributed by atoms with Gasteiger partial charge in [-0.2, -0.15) is 4.31 Å². The lowest BCUT2D eigenvalue weighted by Crippen LogP contribution is -2.34. The van der Waals surface area contributed by atoms with Crippen LogP contribution < -0.4 is 5.32 Å². The van der Waals surface area contributed by atoms with Gasteiger partial charge < -0.3 is 4.74 Å². The largest absolute Gasteiger partial charge is 0.468 e. The molecule has 0 spiro atoms. The highest BCUT2D eigenvalue weighted by molar-refractivity contribution is 8.01. The quantitative estimate of drug-likeness (QED) is 0.305. The van der Waals surface area contributed by atoms with E-state index in [1.165, 1.54) is 20.2 Å². The second-order valence-electron chi connectivity index (χ2n) is 6.06. The molecule has 1 aromatic heterocycles. The number of ether oxygens (including phenoxy) is 1. The van der Waals surface area contributed by atoms with E-state index >= 15 is 0 Å². The Morgan fingerprint density at radius 3 is 2.63 bits per heavy atom. The summed E-state index contributed by atoms with van der Waals surface area (Å²) in [6.45, 7) is -0.390. The van der Waals surface area contributed by atoms with E-state index < -0.39 is 21.9 Å². The van der Waals surface area contributed by atoms with Gasteiger partial charge in [0.1, 0.15) is 0 Å². The number of sulfonamides is 1. The third-order valence-electron chi connectivity index (χ3n) is 3.99. The number of fused-ring (bicyclic) bond motifs is 1. The fourth-order valence-corrected chi connectivity index (χ4v) is 5.22. The molecule has 1 N–H and O–H groups in total. The Kier molecular flexibility index (Phi) is 7.02. The zero-order valence-corrected chi connectivity index (χ0v) is 18.5. The maximum atomic E-state index is 12.8. The maximum Gasteiger partial charge on any atom is 0.316 e. The summed E-state index contributed by atoms with van der Waals surface area (Å²) in [6.07, 6.45) is 0. The fourth-order valence-electron chi connectivity index (χ4n) is 2.45. The summed E-state index contributed by atoms with van der Waals surface area (Å²) in [7, 11) is -1.23. The first-order valence-electron chi connectivity index (χ1n) is 8.57. The van der Waals surface area contributed by atoms with Crippen LogP contribution in [0.5, 0.6) is 0 Å². The highest BCUT2D eigenvalue weighted by atomic mass is 32.2. The Morgan fingerprint density at radius 2 is 1.90 bits per heavy atom. The van der Waals surface area contributed by atoms with Gasteiger partial charge >= 0.3 is 5.97 Å². The lowest BCUT2D eigenvalue weighted by Gasteiger charge is -2.16. The molecule has 2 aromatic carbocycles. The van der Waals surface area contributed by atoms with Crippen LogP contribution in [0.4, 0.5) is 5.13 Å². The Morgan fingerprint density at radius 1 is 1.17 bits per heavy atom. The average Bonchev–Trinajstić information content (AvgIpc) is 3.18. The van der Waals surface area contributed by atoms with Gasteiger partial charge in [0.25, 0.3) is 0 Å². The summed E-state index contributed by atoms with van der Waals surface area (Å²) < 4.78 is 31.6. The molecule has 0 saturated carbocycles. The molecule has 0 fully saturated rings. The topological polar surface area (TPSA) is 119 Å². The van der Waals surface area contributed by atoms with E-state index in [9.17, 15) is 18.0 Å². The number of nitrogens with one attached hydrogen (secondary N) is 1. The summed E-state index contributed by atoms with van der Waals surface area (Å²) in [6, 6.07) is 12.2. The van der Waals surface area contributed by atoms with Crippen LogP contribution in [0.15, 0.2) is 51.7 Å². The number of rotatable bonds is 8. The van der Waals surface area contributed by atoms with Crippen molar-refractivity contribution in [3.05, 3.63) is 42.5 Å². The number of nitrogens with zero attached hydrogens (tertiary/aromatic N) is 3. The molecule has 1 heterocycles. The molecule has 0 radical (unpaired) electrons. The first-order valence-corrected chi connectivity index (χ1v) is 11.8. The molecule has 0 saturated heterocycles. The van der Waals surface area contributed by atoms with Gasteiger partial charge in [0, 0.05) is 7.05 Å². The van der Waals surface area contributed by atoms with Crippen LogP contribution in [0, 0.1) is 0 Å². The minimum atomic E-state index is -3.85. The number of thioether (sulfide) groups is 1. The van der Waals surface area contributed by atoms with Gasteiger partial charge in [0.05, 0.1) is 24.3 Å². The molecule has 0 atom stereocenters. The minimum absolute atomic E-state index is 0.0752. The number of carbonyl (C=O) groups excluding carboxylic acids is 2. The molecule has 3 aromatic rings. The van der Waals surface area contributed by atoms with Crippen LogP contribution in [-0.2, 0) is 24.3 Å². The molecule has 9 nitrogen and oxygen atoms in total. The summed E-state index contributed by atoms with van der Waals surface area (Å²) in [4.78, 5) is 23.5. The first-order chi connectivity index (χ1) is 14.3. The summed E-state index contributed by atoms with van der Waals surface area (Å²) in [5.74, 6) is -0.880. The van der Waals surface area contributed by atoms with E-state index in [-0.39, 0.29) is 22.3 Å². The maximum absolute atomic E-state index is 12.8. The van der Waals surface area contributed by atoms with E-state index in [1.54, 1.807) is 12.1 Å². The SMILES string of the molecule is COC(=O)CSc1nnc(NC(=O)CN(C)S(=O)(=O)c2ccc3ccccc3c2)s1. The van der Waals surface area contributed by atoms with Gasteiger partial charge in [-0.1, -0.05) is 53.4 Å². The number of methoxy groups -OCH3 is 1. The van der Waals surface area contributed by atoms with Gasteiger partial charge in [-0.25, -0.2) is 8.42 Å². The zero-order valence-electron chi connectivity index (χ0n) is 16.1. The molecule has 3 rings (SSSR count). The zero-order chi connectivity index (χ0) is 21.7. The fraction of sp³-hybridized carbons (Fsp3) is 0.222. The van der Waals surface area contributed by atoms with Gasteiger partial charge in [-0.15, -0.1) is 10.2 Å². The van der Waals surface area contributed by atoms with Gasteiger partial charge in [-0.3, -0.25) is 14.9 Å². The van der Waals surface area contributed by atoms with Crippen LogP contribution in [-0.4, -0.2) is 61.3 Å². The van der Waals surface area contributed by atoms with Crippen molar-refractivity contribution in [1.82, 2.24) is 14.5 Å². The van der Waals surface area contributed by atoms with Crippen molar-refractivity contribution in [2.75, 3.05) is 31.8 Å². The van der Waals surface area contributed by atoms with Crippen LogP contribution >= 0.6 is 23.1 Å². The van der Waals surface area contributed by atoms with Crippen molar-refractivity contribution in [3.63, 3.8) is 0 Å². The standard InChI is InChI=1S/C18H18N4O5S3/c1-22(30(25,26)14-8-7-12-5-3-4-6-13(12)9-14)10-15(23)19-17-20-21-18(29-17)28-11-16(24)27-2/h3-9H,10-11H2,1-2H3,(H,19,20,23). The monoisotopic (exact) mass is 466 g/mol. The predicted octanol–water partition coefficient (Wildman–Crippen LogP) is 2.22. The molecular formula is C18H18N4O5S3. The number of esters is 1. The van der Waals surface area contributed by atoms with Crippen molar-refractivity contribution in [2.45, 2.75) is 9.24 Å². The van der Waals surface area contributed by atoms with E-state index in [2.05, 4.69) is 20.3 Å². The van der Waals surface area contributed by atoms with Crippen LogP contribution in [0.1, 0.15) is 0 Å². The number of anilines is 1. The summed E-state index contributed by atoms with van der Waals surface area (Å²) in [5, 5.41) is 12.1.